The summed E-state index contributed by atoms with van der Waals surface area (Å²) in [5.41, 5.74) is 9.75. The number of primary amides is 1. The SMILES string of the molecule is NC[C@@H](S)C(N)=O. The minimum atomic E-state index is -0.486. The van der Waals surface area contributed by atoms with Gasteiger partial charge in [-0.15, -0.1) is 0 Å². The summed E-state index contributed by atoms with van der Waals surface area (Å²) in [5, 5.41) is -0.486. The Labute approximate surface area is 47.5 Å². The highest BCUT2D eigenvalue weighted by molar-refractivity contribution is 7.81. The summed E-state index contributed by atoms with van der Waals surface area (Å²) in [7, 11) is 0. The number of rotatable bonds is 2. The minimum absolute atomic E-state index is 0.207. The molecule has 42 valence electrons. The summed E-state index contributed by atoms with van der Waals surface area (Å²) in [4.78, 5) is 10.00. The van der Waals surface area contributed by atoms with Gasteiger partial charge in [0.2, 0.25) is 5.91 Å². The molecule has 0 aliphatic rings. The van der Waals surface area contributed by atoms with Crippen molar-refractivity contribution in [2.75, 3.05) is 6.54 Å². The summed E-state index contributed by atoms with van der Waals surface area (Å²) < 4.78 is 0. The molecule has 0 unspecified atom stereocenters. The lowest BCUT2D eigenvalue weighted by Gasteiger charge is -1.97. The van der Waals surface area contributed by atoms with E-state index < -0.39 is 11.2 Å². The van der Waals surface area contributed by atoms with Crippen molar-refractivity contribution in [3.63, 3.8) is 0 Å². The average Bonchev–Trinajstić information content (AvgIpc) is 1.65. The van der Waals surface area contributed by atoms with E-state index in [0.29, 0.717) is 0 Å². The number of carbonyl (C=O) groups excluding carboxylic acids is 1. The molecule has 0 heterocycles. The normalized spacial score (nSPS) is 13.4. The summed E-state index contributed by atoms with van der Waals surface area (Å²) in [5.74, 6) is -0.467. The number of carbonyl (C=O) groups is 1. The molecule has 4 heteroatoms. The average molecular weight is 120 g/mol. The van der Waals surface area contributed by atoms with Crippen LogP contribution in [0.4, 0.5) is 0 Å². The zero-order chi connectivity index (χ0) is 5.86. The number of hydrogen-bond acceptors (Lipinski definition) is 3. The van der Waals surface area contributed by atoms with E-state index >= 15 is 0 Å². The minimum Gasteiger partial charge on any atom is -0.369 e. The zero-order valence-electron chi connectivity index (χ0n) is 3.79. The van der Waals surface area contributed by atoms with Gasteiger partial charge in [-0.3, -0.25) is 4.79 Å². The summed E-state index contributed by atoms with van der Waals surface area (Å²) >= 11 is 3.73. The van der Waals surface area contributed by atoms with E-state index in [1.807, 2.05) is 0 Å². The van der Waals surface area contributed by atoms with Crippen LogP contribution in [0.2, 0.25) is 0 Å². The summed E-state index contributed by atoms with van der Waals surface area (Å²) in [6.45, 7) is 0.207. The third-order valence-electron chi connectivity index (χ3n) is 0.552. The Morgan fingerprint density at radius 3 is 2.29 bits per heavy atom. The van der Waals surface area contributed by atoms with Gasteiger partial charge in [0.15, 0.2) is 0 Å². The molecule has 0 aromatic heterocycles. The van der Waals surface area contributed by atoms with Crippen LogP contribution in [0.1, 0.15) is 0 Å². The van der Waals surface area contributed by atoms with Crippen molar-refractivity contribution in [2.24, 2.45) is 11.5 Å². The highest BCUT2D eigenvalue weighted by Crippen LogP contribution is 1.86. The first kappa shape index (κ1) is 6.78. The summed E-state index contributed by atoms with van der Waals surface area (Å²) in [6, 6.07) is 0. The second kappa shape index (κ2) is 2.87. The van der Waals surface area contributed by atoms with Crippen LogP contribution >= 0.6 is 12.6 Å². The van der Waals surface area contributed by atoms with E-state index in [1.54, 1.807) is 0 Å². The fourth-order valence-electron chi connectivity index (χ4n) is 0.116. The Hall–Kier alpha value is -0.220. The fraction of sp³-hybridized carbons (Fsp3) is 0.667. The molecule has 1 amide bonds. The monoisotopic (exact) mass is 120 g/mol. The van der Waals surface area contributed by atoms with Gasteiger partial charge in [-0.25, -0.2) is 0 Å². The third kappa shape index (κ3) is 2.47. The van der Waals surface area contributed by atoms with Crippen molar-refractivity contribution in [1.82, 2.24) is 0 Å². The highest BCUT2D eigenvalue weighted by Gasteiger charge is 2.03. The van der Waals surface area contributed by atoms with E-state index in [1.165, 1.54) is 0 Å². The molecule has 0 fully saturated rings. The molecule has 0 aliphatic heterocycles. The summed E-state index contributed by atoms with van der Waals surface area (Å²) in [6.07, 6.45) is 0. The van der Waals surface area contributed by atoms with Crippen LogP contribution in [-0.4, -0.2) is 17.7 Å². The molecule has 4 N–H and O–H groups in total. The molecule has 1 atom stereocenters. The number of hydrogen-bond donors (Lipinski definition) is 3. The van der Waals surface area contributed by atoms with Gasteiger partial charge in [-0.1, -0.05) is 0 Å². The molecular weight excluding hydrogens is 112 g/mol. The van der Waals surface area contributed by atoms with E-state index in [4.69, 9.17) is 11.5 Å². The van der Waals surface area contributed by atoms with Crippen LogP contribution in [-0.2, 0) is 4.79 Å². The van der Waals surface area contributed by atoms with E-state index in [9.17, 15) is 4.79 Å². The Morgan fingerprint density at radius 2 is 2.29 bits per heavy atom. The van der Waals surface area contributed by atoms with Gasteiger partial charge in [-0.05, 0) is 0 Å². The lowest BCUT2D eigenvalue weighted by molar-refractivity contribution is -0.117. The predicted octanol–water partition coefficient (Wildman–Crippen LogP) is -1.27. The molecule has 0 aromatic carbocycles. The maximum Gasteiger partial charge on any atom is 0.231 e. The predicted molar refractivity (Wildman–Crippen MR) is 31.0 cm³/mol. The highest BCUT2D eigenvalue weighted by atomic mass is 32.1. The molecule has 3 nitrogen and oxygen atoms in total. The molecule has 7 heavy (non-hydrogen) atoms. The van der Waals surface area contributed by atoms with Crippen molar-refractivity contribution >= 4 is 18.5 Å². The number of amides is 1. The van der Waals surface area contributed by atoms with Crippen LogP contribution < -0.4 is 11.5 Å². The van der Waals surface area contributed by atoms with Gasteiger partial charge in [0, 0.05) is 6.54 Å². The van der Waals surface area contributed by atoms with E-state index in [0.717, 1.165) is 0 Å². The van der Waals surface area contributed by atoms with Crippen molar-refractivity contribution < 1.29 is 4.79 Å². The van der Waals surface area contributed by atoms with Gasteiger partial charge in [0.1, 0.15) is 0 Å². The maximum absolute atomic E-state index is 10.00. The van der Waals surface area contributed by atoms with Crippen molar-refractivity contribution in [3.05, 3.63) is 0 Å². The first-order valence-electron chi connectivity index (χ1n) is 1.86. The van der Waals surface area contributed by atoms with E-state index in [-0.39, 0.29) is 6.54 Å². The molecule has 0 spiro atoms. The van der Waals surface area contributed by atoms with Gasteiger partial charge in [0.25, 0.3) is 0 Å². The van der Waals surface area contributed by atoms with Crippen molar-refractivity contribution in [1.29, 1.82) is 0 Å². The second-order valence-electron chi connectivity index (χ2n) is 1.15. The fourth-order valence-corrected chi connectivity index (χ4v) is 0.116. The first-order chi connectivity index (χ1) is 3.18. The molecule has 0 aromatic rings. The molecule has 0 rings (SSSR count). The van der Waals surface area contributed by atoms with Gasteiger partial charge in [-0.2, -0.15) is 12.6 Å². The topological polar surface area (TPSA) is 69.1 Å². The second-order valence-corrected chi connectivity index (χ2v) is 1.78. The standard InChI is InChI=1S/C3H8N2OS/c4-1-2(7)3(5)6/h2,7H,1,4H2,(H2,5,6)/t2-/m1/s1. The molecule has 0 aliphatic carbocycles. The van der Waals surface area contributed by atoms with Crippen LogP contribution in [0.5, 0.6) is 0 Å². The molecule has 0 saturated heterocycles. The number of thiol groups is 1. The van der Waals surface area contributed by atoms with Crippen LogP contribution in [0.3, 0.4) is 0 Å². The largest absolute Gasteiger partial charge is 0.369 e. The Morgan fingerprint density at radius 1 is 1.86 bits per heavy atom. The molecule has 0 radical (unpaired) electrons. The Bertz CT molecular complexity index is 75.3. The number of nitrogens with two attached hydrogens (primary N) is 2. The van der Waals surface area contributed by atoms with Crippen molar-refractivity contribution in [2.45, 2.75) is 5.25 Å². The first-order valence-corrected chi connectivity index (χ1v) is 2.37. The van der Waals surface area contributed by atoms with Crippen LogP contribution in [0, 0.1) is 0 Å². The van der Waals surface area contributed by atoms with Crippen molar-refractivity contribution in [3.8, 4) is 0 Å². The zero-order valence-corrected chi connectivity index (χ0v) is 4.69. The molecular formula is C3H8N2OS. The molecule has 0 bridgehead atoms. The Balaban J connectivity index is 3.34. The third-order valence-corrected chi connectivity index (χ3v) is 1.02. The molecule has 0 saturated carbocycles. The Kier molecular flexibility index (Phi) is 2.78. The lowest BCUT2D eigenvalue weighted by atomic mass is 10.4. The lowest BCUT2D eigenvalue weighted by Crippen LogP contribution is -2.30. The van der Waals surface area contributed by atoms with Crippen LogP contribution in [0.25, 0.3) is 0 Å². The van der Waals surface area contributed by atoms with Gasteiger partial charge >= 0.3 is 0 Å². The van der Waals surface area contributed by atoms with E-state index in [2.05, 4.69) is 12.6 Å². The van der Waals surface area contributed by atoms with Gasteiger partial charge < -0.3 is 11.5 Å². The smallest absolute Gasteiger partial charge is 0.231 e. The maximum atomic E-state index is 10.00. The quantitative estimate of drug-likeness (QED) is 0.398. The van der Waals surface area contributed by atoms with Crippen LogP contribution in [0.15, 0.2) is 0 Å². The van der Waals surface area contributed by atoms with Gasteiger partial charge in [0.05, 0.1) is 5.25 Å².